The van der Waals surface area contributed by atoms with Crippen molar-refractivity contribution in [3.63, 3.8) is 0 Å². The highest BCUT2D eigenvalue weighted by molar-refractivity contribution is 6.05. The van der Waals surface area contributed by atoms with Crippen molar-refractivity contribution in [1.82, 2.24) is 30.2 Å². The number of H-pyrrole nitrogens is 1. The zero-order valence-corrected chi connectivity index (χ0v) is 17.8. The number of likely N-dealkylation sites (tertiary alicyclic amines) is 1. The van der Waals surface area contributed by atoms with Gasteiger partial charge in [-0.1, -0.05) is 6.07 Å². The molecular weight excluding hydrogens is 383 g/mol. The molecule has 8 heteroatoms. The first kappa shape index (κ1) is 20.5. The van der Waals surface area contributed by atoms with Gasteiger partial charge in [-0.05, 0) is 51.3 Å². The molecule has 0 aliphatic carbocycles. The van der Waals surface area contributed by atoms with Crippen LogP contribution in [0, 0.1) is 0 Å². The Labute approximate surface area is 175 Å². The number of rotatable bonds is 6. The molecule has 3 aromatic rings. The van der Waals surface area contributed by atoms with E-state index in [1.54, 1.807) is 13.8 Å². The quantitative estimate of drug-likeness (QED) is 0.651. The predicted molar refractivity (Wildman–Crippen MR) is 115 cm³/mol. The Hall–Kier alpha value is -2.74. The molecule has 1 aliphatic heterocycles. The molecule has 7 nitrogen and oxygen atoms in total. The van der Waals surface area contributed by atoms with Crippen LogP contribution in [0.5, 0.6) is 0 Å². The van der Waals surface area contributed by atoms with Gasteiger partial charge < -0.3 is 10.2 Å². The summed E-state index contributed by atoms with van der Waals surface area (Å²) in [4.78, 5) is 15.0. The van der Waals surface area contributed by atoms with E-state index in [4.69, 9.17) is 0 Å². The van der Waals surface area contributed by atoms with Crippen LogP contribution in [0.4, 0.5) is 4.39 Å². The van der Waals surface area contributed by atoms with Gasteiger partial charge in [-0.25, -0.2) is 4.39 Å². The van der Waals surface area contributed by atoms with Crippen molar-refractivity contribution in [2.75, 3.05) is 19.6 Å². The number of nitrogens with one attached hydrogen (secondary N) is 2. The average Bonchev–Trinajstić information content (AvgIpc) is 3.34. The van der Waals surface area contributed by atoms with Crippen molar-refractivity contribution in [3.8, 4) is 11.1 Å². The molecule has 2 aromatic heterocycles. The summed E-state index contributed by atoms with van der Waals surface area (Å²) in [5.74, 6) is -0.174. The number of amides is 1. The highest BCUT2D eigenvalue weighted by Crippen LogP contribution is 2.25. The summed E-state index contributed by atoms with van der Waals surface area (Å²) in [6.07, 6.45) is 5.45. The molecular formula is C22H29FN6O. The van der Waals surface area contributed by atoms with Crippen LogP contribution in [0.2, 0.25) is 0 Å². The third-order valence-electron chi connectivity index (χ3n) is 5.59. The molecule has 0 unspecified atom stereocenters. The van der Waals surface area contributed by atoms with E-state index >= 15 is 0 Å². The Morgan fingerprint density at radius 3 is 2.73 bits per heavy atom. The normalized spacial score (nSPS) is 16.3. The van der Waals surface area contributed by atoms with Crippen molar-refractivity contribution in [2.45, 2.75) is 51.9 Å². The molecule has 1 aromatic carbocycles. The summed E-state index contributed by atoms with van der Waals surface area (Å²) >= 11 is 0. The van der Waals surface area contributed by atoms with Crippen LogP contribution in [0.3, 0.4) is 0 Å². The Morgan fingerprint density at radius 1 is 1.30 bits per heavy atom. The number of aryl methyl sites for hydroxylation is 1. The van der Waals surface area contributed by atoms with Crippen molar-refractivity contribution in [3.05, 3.63) is 36.3 Å². The third kappa shape index (κ3) is 4.53. The number of carbonyl (C=O) groups excluding carboxylic acids is 1. The lowest BCUT2D eigenvalue weighted by molar-refractivity contribution is 0.0844. The molecule has 1 saturated heterocycles. The third-order valence-corrected chi connectivity index (χ3v) is 5.59. The molecule has 1 amide bonds. The summed E-state index contributed by atoms with van der Waals surface area (Å²) in [7, 11) is 0. The van der Waals surface area contributed by atoms with Gasteiger partial charge in [-0.15, -0.1) is 0 Å². The van der Waals surface area contributed by atoms with Crippen LogP contribution in [0.15, 0.2) is 30.6 Å². The molecule has 0 atom stereocenters. The summed E-state index contributed by atoms with van der Waals surface area (Å²) in [6.45, 7) is 8.05. The van der Waals surface area contributed by atoms with Gasteiger partial charge in [0.2, 0.25) is 0 Å². The monoisotopic (exact) mass is 412 g/mol. The fourth-order valence-electron chi connectivity index (χ4n) is 4.07. The molecule has 1 fully saturated rings. The van der Waals surface area contributed by atoms with Crippen molar-refractivity contribution >= 4 is 16.8 Å². The van der Waals surface area contributed by atoms with E-state index in [2.05, 4.69) is 25.5 Å². The van der Waals surface area contributed by atoms with Gasteiger partial charge in [-0.3, -0.25) is 14.6 Å². The Bertz CT molecular complexity index is 1030. The minimum absolute atomic E-state index is 0.0780. The van der Waals surface area contributed by atoms with E-state index in [1.165, 1.54) is 0 Å². The molecule has 0 spiro atoms. The van der Waals surface area contributed by atoms with Gasteiger partial charge in [0.1, 0.15) is 5.67 Å². The van der Waals surface area contributed by atoms with E-state index in [0.29, 0.717) is 12.2 Å². The van der Waals surface area contributed by atoms with Crippen LogP contribution in [0.1, 0.15) is 44.1 Å². The van der Waals surface area contributed by atoms with Crippen LogP contribution in [-0.2, 0) is 6.54 Å². The number of carbonyl (C=O) groups is 1. The minimum atomic E-state index is -1.20. The number of hydrogen-bond acceptors (Lipinski definition) is 4. The minimum Gasteiger partial charge on any atom is -0.348 e. The summed E-state index contributed by atoms with van der Waals surface area (Å²) in [5, 5.41) is 15.5. The van der Waals surface area contributed by atoms with Gasteiger partial charge in [0.05, 0.1) is 11.7 Å². The number of hydrogen-bond donors (Lipinski definition) is 2. The number of halogens is 1. The average molecular weight is 413 g/mol. The van der Waals surface area contributed by atoms with E-state index in [9.17, 15) is 9.18 Å². The molecule has 0 radical (unpaired) electrons. The summed E-state index contributed by atoms with van der Waals surface area (Å²) in [6, 6.07) is 6.00. The fraction of sp³-hybridized carbons (Fsp3) is 0.500. The highest BCUT2D eigenvalue weighted by atomic mass is 19.1. The largest absolute Gasteiger partial charge is 0.348 e. The molecule has 1 aliphatic rings. The molecule has 3 heterocycles. The maximum absolute atomic E-state index is 13.9. The summed E-state index contributed by atoms with van der Waals surface area (Å²) < 4.78 is 15.7. The summed E-state index contributed by atoms with van der Waals surface area (Å²) in [5.41, 5.74) is 2.04. The van der Waals surface area contributed by atoms with E-state index in [0.717, 1.165) is 54.5 Å². The van der Waals surface area contributed by atoms with E-state index in [-0.39, 0.29) is 11.9 Å². The molecule has 4 rings (SSSR count). The fourth-order valence-corrected chi connectivity index (χ4v) is 4.07. The van der Waals surface area contributed by atoms with Gasteiger partial charge in [-0.2, -0.15) is 10.2 Å². The topological polar surface area (TPSA) is 78.8 Å². The maximum Gasteiger partial charge on any atom is 0.272 e. The van der Waals surface area contributed by atoms with Crippen LogP contribution < -0.4 is 5.32 Å². The lowest BCUT2D eigenvalue weighted by atomic mass is 10.0. The SMILES string of the molecule is CCn1cc(-c2ccc3[nH]nc(C(=O)NC4CCN(CC(C)(C)F)CC4)c3c2)cn1. The number of aromatic amines is 1. The Kier molecular flexibility index (Phi) is 5.60. The second-order valence-electron chi connectivity index (χ2n) is 8.66. The highest BCUT2D eigenvalue weighted by Gasteiger charge is 2.27. The van der Waals surface area contributed by atoms with Gasteiger partial charge in [0.15, 0.2) is 5.69 Å². The zero-order valence-electron chi connectivity index (χ0n) is 17.8. The van der Waals surface area contributed by atoms with Crippen LogP contribution in [0.25, 0.3) is 22.0 Å². The number of fused-ring (bicyclic) bond motifs is 1. The maximum atomic E-state index is 13.9. The molecule has 2 N–H and O–H groups in total. The predicted octanol–water partition coefficient (Wildman–Crippen LogP) is 3.39. The van der Waals surface area contributed by atoms with E-state index in [1.807, 2.05) is 42.2 Å². The van der Waals surface area contributed by atoms with Gasteiger partial charge >= 0.3 is 0 Å². The van der Waals surface area contributed by atoms with Crippen molar-refractivity contribution in [1.29, 1.82) is 0 Å². The van der Waals surface area contributed by atoms with Crippen molar-refractivity contribution < 1.29 is 9.18 Å². The van der Waals surface area contributed by atoms with Crippen LogP contribution >= 0.6 is 0 Å². The first-order chi connectivity index (χ1) is 14.3. The lowest BCUT2D eigenvalue weighted by Gasteiger charge is -2.34. The van der Waals surface area contributed by atoms with E-state index < -0.39 is 5.67 Å². The molecule has 30 heavy (non-hydrogen) atoms. The Morgan fingerprint density at radius 2 is 2.07 bits per heavy atom. The molecule has 0 saturated carbocycles. The van der Waals surface area contributed by atoms with Crippen LogP contribution in [-0.4, -0.2) is 62.1 Å². The number of benzene rings is 1. The number of piperidine rings is 1. The lowest BCUT2D eigenvalue weighted by Crippen LogP contribution is -2.47. The van der Waals surface area contributed by atoms with Gasteiger partial charge in [0.25, 0.3) is 5.91 Å². The first-order valence-corrected chi connectivity index (χ1v) is 10.6. The number of alkyl halides is 1. The molecule has 160 valence electrons. The van der Waals surface area contributed by atoms with Gasteiger partial charge in [0, 0.05) is 49.4 Å². The standard InChI is InChI=1S/C22H29FN6O/c1-4-29-13-16(12-24-29)15-5-6-19-18(11-15)20(27-26-19)21(30)25-17-7-9-28(10-8-17)14-22(2,3)23/h5-6,11-13,17H,4,7-10,14H2,1-3H3,(H,25,30)(H,26,27). The smallest absolute Gasteiger partial charge is 0.272 e. The second-order valence-corrected chi connectivity index (χ2v) is 8.66. The Balaban J connectivity index is 1.45. The number of aromatic nitrogens is 4. The zero-order chi connectivity index (χ0) is 21.3. The number of nitrogens with zero attached hydrogens (tertiary/aromatic N) is 4. The molecule has 0 bridgehead atoms. The van der Waals surface area contributed by atoms with Crippen molar-refractivity contribution in [2.24, 2.45) is 0 Å². The second kappa shape index (κ2) is 8.18. The first-order valence-electron chi connectivity index (χ1n) is 10.6.